The fourth-order valence-corrected chi connectivity index (χ4v) is 4.80. The number of aromatic nitrogens is 5. The third kappa shape index (κ3) is 6.19. The Hall–Kier alpha value is -4.54. The lowest BCUT2D eigenvalue weighted by atomic mass is 10.1. The number of benzene rings is 3. The number of carboxylic acid groups (broad SMARTS) is 1. The summed E-state index contributed by atoms with van der Waals surface area (Å²) in [5.74, 6) is -0.402. The minimum Gasteiger partial charge on any atom is -0.480 e. The Morgan fingerprint density at radius 1 is 0.950 bits per heavy atom. The first kappa shape index (κ1) is 27.0. The molecule has 0 aliphatic rings. The fourth-order valence-electron chi connectivity index (χ4n) is 4.80. The van der Waals surface area contributed by atoms with Gasteiger partial charge in [0.2, 0.25) is 5.82 Å². The standard InChI is InChI=1S/C30H32N6O4/c1-20(2)29(31-13-14-39-15-16-40-19-28(37)38)22-9-7-21(8-10-22)18-36-26-6-4-3-5-24(26)25-17-23(11-12-27(25)36)30-32-34-35-33-30/h3-12,17,31H,13-16,18-19H2,1-2H3,(H,37,38)(H,32,33,34,35). The van der Waals surface area contributed by atoms with Gasteiger partial charge < -0.3 is 24.5 Å². The number of aromatic amines is 1. The van der Waals surface area contributed by atoms with Crippen LogP contribution in [0.5, 0.6) is 0 Å². The maximum absolute atomic E-state index is 10.5. The highest BCUT2D eigenvalue weighted by molar-refractivity contribution is 6.09. The first-order valence-corrected chi connectivity index (χ1v) is 13.1. The highest BCUT2D eigenvalue weighted by atomic mass is 16.5. The lowest BCUT2D eigenvalue weighted by molar-refractivity contribution is -0.142. The van der Waals surface area contributed by atoms with Crippen LogP contribution < -0.4 is 5.32 Å². The van der Waals surface area contributed by atoms with Crippen molar-refractivity contribution in [3.05, 3.63) is 83.4 Å². The number of aliphatic carboxylic acids is 1. The van der Waals surface area contributed by atoms with Crippen molar-refractivity contribution in [2.45, 2.75) is 20.4 Å². The smallest absolute Gasteiger partial charge is 0.329 e. The van der Waals surface area contributed by atoms with Crippen LogP contribution in [0.25, 0.3) is 38.9 Å². The van der Waals surface area contributed by atoms with Crippen LogP contribution in [0.1, 0.15) is 25.0 Å². The van der Waals surface area contributed by atoms with Crippen molar-refractivity contribution in [3.63, 3.8) is 0 Å². The van der Waals surface area contributed by atoms with Crippen LogP contribution in [0.2, 0.25) is 0 Å². The van der Waals surface area contributed by atoms with E-state index in [2.05, 4.69) is 105 Å². The number of H-pyrrole nitrogens is 1. The number of fused-ring (bicyclic) bond motifs is 3. The Morgan fingerprint density at radius 2 is 1.73 bits per heavy atom. The molecule has 2 heterocycles. The number of nitrogens with one attached hydrogen (secondary N) is 2. The van der Waals surface area contributed by atoms with E-state index in [1.165, 1.54) is 22.0 Å². The number of para-hydroxylation sites is 1. The van der Waals surface area contributed by atoms with Gasteiger partial charge in [0.25, 0.3) is 0 Å². The number of hydrogen-bond acceptors (Lipinski definition) is 7. The maximum Gasteiger partial charge on any atom is 0.329 e. The van der Waals surface area contributed by atoms with Crippen LogP contribution in [0, 0.1) is 0 Å². The SMILES string of the molecule is CC(C)=C(NCCOCCOCC(=O)O)c1ccc(Cn2c3ccccc3c3cc(-c4nn[nH]n4)ccc32)cc1. The van der Waals surface area contributed by atoms with Gasteiger partial charge in [-0.15, -0.1) is 10.2 Å². The van der Waals surface area contributed by atoms with Gasteiger partial charge >= 0.3 is 5.97 Å². The highest BCUT2D eigenvalue weighted by Crippen LogP contribution is 2.32. The van der Waals surface area contributed by atoms with E-state index >= 15 is 0 Å². The summed E-state index contributed by atoms with van der Waals surface area (Å²) in [4.78, 5) is 10.5. The van der Waals surface area contributed by atoms with Gasteiger partial charge in [-0.3, -0.25) is 0 Å². The molecule has 3 N–H and O–H groups in total. The van der Waals surface area contributed by atoms with E-state index in [9.17, 15) is 4.79 Å². The number of carbonyl (C=O) groups is 1. The van der Waals surface area contributed by atoms with Gasteiger partial charge in [0.1, 0.15) is 6.61 Å². The first-order valence-electron chi connectivity index (χ1n) is 13.1. The lowest BCUT2D eigenvalue weighted by Gasteiger charge is -2.15. The molecule has 0 fully saturated rings. The molecule has 0 atom stereocenters. The molecule has 0 amide bonds. The largest absolute Gasteiger partial charge is 0.480 e. The Balaban J connectivity index is 1.28. The number of allylic oxidation sites excluding steroid dienone is 1. The minimum absolute atomic E-state index is 0.259. The molecule has 0 radical (unpaired) electrons. The van der Waals surface area contributed by atoms with Crippen molar-refractivity contribution in [1.29, 1.82) is 0 Å². The average molecular weight is 541 g/mol. The Kier molecular flexibility index (Phi) is 8.48. The third-order valence-corrected chi connectivity index (χ3v) is 6.60. The second-order valence-corrected chi connectivity index (χ2v) is 9.63. The molecule has 0 unspecified atom stereocenters. The second-order valence-electron chi connectivity index (χ2n) is 9.63. The summed E-state index contributed by atoms with van der Waals surface area (Å²) in [6, 6.07) is 23.4. The summed E-state index contributed by atoms with van der Waals surface area (Å²) >= 11 is 0. The Morgan fingerprint density at radius 3 is 2.48 bits per heavy atom. The van der Waals surface area contributed by atoms with E-state index in [-0.39, 0.29) is 13.2 Å². The maximum atomic E-state index is 10.5. The van der Waals surface area contributed by atoms with Crippen LogP contribution >= 0.6 is 0 Å². The molecule has 40 heavy (non-hydrogen) atoms. The quantitative estimate of drug-likeness (QED) is 0.187. The van der Waals surface area contributed by atoms with Crippen LogP contribution in [0.3, 0.4) is 0 Å². The van der Waals surface area contributed by atoms with E-state index in [0.717, 1.165) is 34.3 Å². The zero-order valence-electron chi connectivity index (χ0n) is 22.6. The summed E-state index contributed by atoms with van der Waals surface area (Å²) in [5, 5.41) is 28.9. The molecule has 10 heteroatoms. The molecule has 0 saturated carbocycles. The lowest BCUT2D eigenvalue weighted by Crippen LogP contribution is -2.20. The Labute approximate surface area is 231 Å². The molecule has 10 nitrogen and oxygen atoms in total. The number of hydrogen-bond donors (Lipinski definition) is 3. The van der Waals surface area contributed by atoms with Gasteiger partial charge in [0.05, 0.1) is 19.8 Å². The van der Waals surface area contributed by atoms with E-state index in [1.807, 2.05) is 6.07 Å². The number of carboxylic acids is 1. The van der Waals surface area contributed by atoms with Crippen molar-refractivity contribution < 1.29 is 19.4 Å². The van der Waals surface area contributed by atoms with Gasteiger partial charge in [-0.2, -0.15) is 5.21 Å². The fraction of sp³-hybridized carbons (Fsp3) is 0.267. The molecule has 2 aromatic heterocycles. The average Bonchev–Trinajstić information content (AvgIpc) is 3.60. The molecule has 0 saturated heterocycles. The van der Waals surface area contributed by atoms with E-state index in [0.29, 0.717) is 25.6 Å². The predicted octanol–water partition coefficient (Wildman–Crippen LogP) is 4.48. The van der Waals surface area contributed by atoms with Crippen molar-refractivity contribution >= 4 is 33.5 Å². The van der Waals surface area contributed by atoms with Gasteiger partial charge in [-0.1, -0.05) is 48.0 Å². The number of ether oxygens (including phenoxy) is 2. The zero-order chi connectivity index (χ0) is 27.9. The molecule has 5 aromatic rings. The van der Waals surface area contributed by atoms with Crippen molar-refractivity contribution in [2.75, 3.05) is 33.0 Å². The normalized spacial score (nSPS) is 11.2. The number of rotatable bonds is 13. The summed E-state index contributed by atoms with van der Waals surface area (Å²) in [6.07, 6.45) is 0. The molecule has 206 valence electrons. The molecule has 3 aromatic carbocycles. The molecule has 0 aliphatic heterocycles. The summed E-state index contributed by atoms with van der Waals surface area (Å²) in [6.45, 7) is 6.33. The van der Waals surface area contributed by atoms with Crippen molar-refractivity contribution in [1.82, 2.24) is 30.5 Å². The molecule has 0 bridgehead atoms. The number of tetrazole rings is 1. The van der Waals surface area contributed by atoms with Gasteiger partial charge in [-0.05, 0) is 54.5 Å². The number of nitrogens with zero attached hydrogens (tertiary/aromatic N) is 4. The van der Waals surface area contributed by atoms with Gasteiger partial charge in [0.15, 0.2) is 0 Å². The van der Waals surface area contributed by atoms with Crippen molar-refractivity contribution in [2.24, 2.45) is 0 Å². The molecule has 0 spiro atoms. The highest BCUT2D eigenvalue weighted by Gasteiger charge is 2.13. The van der Waals surface area contributed by atoms with Crippen molar-refractivity contribution in [3.8, 4) is 11.4 Å². The third-order valence-electron chi connectivity index (χ3n) is 6.60. The molecule has 0 aliphatic carbocycles. The van der Waals surface area contributed by atoms with Gasteiger partial charge in [0, 0.05) is 46.2 Å². The topological polar surface area (TPSA) is 127 Å². The van der Waals surface area contributed by atoms with Crippen LogP contribution in [0.15, 0.2) is 72.3 Å². The van der Waals surface area contributed by atoms with Crippen LogP contribution in [-0.2, 0) is 20.8 Å². The molecular weight excluding hydrogens is 508 g/mol. The monoisotopic (exact) mass is 540 g/mol. The summed E-state index contributed by atoms with van der Waals surface area (Å²) in [5.41, 5.74) is 7.81. The summed E-state index contributed by atoms with van der Waals surface area (Å²) < 4.78 is 12.9. The molecular formula is C30H32N6O4. The van der Waals surface area contributed by atoms with E-state index < -0.39 is 5.97 Å². The first-order chi connectivity index (χ1) is 19.5. The molecule has 5 rings (SSSR count). The van der Waals surface area contributed by atoms with Crippen LogP contribution in [-0.4, -0.2) is 69.2 Å². The second kappa shape index (κ2) is 12.5. The minimum atomic E-state index is -0.980. The van der Waals surface area contributed by atoms with E-state index in [1.54, 1.807) is 0 Å². The van der Waals surface area contributed by atoms with Gasteiger partial charge in [-0.25, -0.2) is 4.79 Å². The Bertz CT molecular complexity index is 1620. The predicted molar refractivity (Wildman–Crippen MR) is 154 cm³/mol. The van der Waals surface area contributed by atoms with Crippen LogP contribution in [0.4, 0.5) is 0 Å². The summed E-state index contributed by atoms with van der Waals surface area (Å²) in [7, 11) is 0. The zero-order valence-corrected chi connectivity index (χ0v) is 22.6. The van der Waals surface area contributed by atoms with E-state index in [4.69, 9.17) is 14.6 Å².